The molecule has 140 valence electrons. The van der Waals surface area contributed by atoms with Gasteiger partial charge >= 0.3 is 0 Å². The topological polar surface area (TPSA) is 85.2 Å². The Morgan fingerprint density at radius 2 is 1.89 bits per heavy atom. The maximum Gasteiger partial charge on any atom is 0.175 e. The molecule has 0 fully saturated rings. The van der Waals surface area contributed by atoms with Crippen LogP contribution in [-0.2, 0) is 0 Å². The summed E-state index contributed by atoms with van der Waals surface area (Å²) >= 11 is 5.98. The zero-order valence-corrected chi connectivity index (χ0v) is 15.3. The van der Waals surface area contributed by atoms with Crippen molar-refractivity contribution in [2.75, 3.05) is 5.73 Å². The summed E-state index contributed by atoms with van der Waals surface area (Å²) in [5.41, 5.74) is 8.72. The van der Waals surface area contributed by atoms with Gasteiger partial charge in [0, 0.05) is 39.8 Å². The number of rotatable bonds is 4. The molecule has 1 unspecified atom stereocenters. The fourth-order valence-electron chi connectivity index (χ4n) is 3.01. The maximum absolute atomic E-state index is 13.5. The third kappa shape index (κ3) is 3.35. The number of nitrogens with zero attached hydrogens (tertiary/aromatic N) is 2. The predicted molar refractivity (Wildman–Crippen MR) is 105 cm³/mol. The lowest BCUT2D eigenvalue weighted by Crippen LogP contribution is -2.03. The number of aliphatic hydroxyl groups is 1. The van der Waals surface area contributed by atoms with E-state index in [-0.39, 0.29) is 11.4 Å². The molecule has 0 amide bonds. The van der Waals surface area contributed by atoms with Crippen molar-refractivity contribution in [3.05, 3.63) is 89.0 Å². The van der Waals surface area contributed by atoms with E-state index in [1.165, 1.54) is 18.2 Å². The molecule has 0 aliphatic rings. The van der Waals surface area contributed by atoms with Crippen LogP contribution in [0.5, 0.6) is 0 Å². The molecule has 4 aromatic rings. The first kappa shape index (κ1) is 18.2. The molecule has 5 nitrogen and oxygen atoms in total. The lowest BCUT2D eigenvalue weighted by atomic mass is 9.94. The highest BCUT2D eigenvalue weighted by Crippen LogP contribution is 2.40. The summed E-state index contributed by atoms with van der Waals surface area (Å²) in [7, 11) is 0. The van der Waals surface area contributed by atoms with E-state index in [1.54, 1.807) is 48.8 Å². The van der Waals surface area contributed by atoms with Crippen LogP contribution in [0.1, 0.15) is 17.2 Å². The van der Waals surface area contributed by atoms with Crippen LogP contribution in [0.15, 0.2) is 71.5 Å². The monoisotopic (exact) mass is 395 g/mol. The third-order valence-electron chi connectivity index (χ3n) is 4.38. The Morgan fingerprint density at radius 1 is 1.11 bits per heavy atom. The number of aliphatic hydroxyl groups excluding tert-OH is 1. The minimum atomic E-state index is -1.08. The first-order valence-corrected chi connectivity index (χ1v) is 8.81. The Morgan fingerprint density at radius 3 is 2.57 bits per heavy atom. The Kier molecular flexibility index (Phi) is 4.81. The van der Waals surface area contributed by atoms with Gasteiger partial charge in [0.1, 0.15) is 17.6 Å². The number of pyridine rings is 1. The van der Waals surface area contributed by atoms with Crippen molar-refractivity contribution in [3.63, 3.8) is 0 Å². The fraction of sp³-hybridized carbons (Fsp3) is 0.0476. The summed E-state index contributed by atoms with van der Waals surface area (Å²) in [4.78, 5) is 4.06. The van der Waals surface area contributed by atoms with Crippen molar-refractivity contribution in [1.82, 2.24) is 10.1 Å². The Balaban J connectivity index is 1.93. The highest BCUT2D eigenvalue weighted by atomic mass is 35.5. The number of nitrogens with two attached hydrogens (primary N) is 1. The summed E-state index contributed by atoms with van der Waals surface area (Å²) in [6, 6.07) is 14.4. The largest absolute Gasteiger partial charge is 0.398 e. The SMILES string of the molecule is Nc1cc(F)ccc1-c1onc(-c2ccc(Cl)cc2)c1C(O)c1cccnc1. The molecule has 0 aliphatic carbocycles. The number of halogens is 2. The molecule has 0 spiro atoms. The Labute approximate surface area is 165 Å². The second kappa shape index (κ2) is 7.42. The van der Waals surface area contributed by atoms with Crippen molar-refractivity contribution in [1.29, 1.82) is 0 Å². The van der Waals surface area contributed by atoms with E-state index in [2.05, 4.69) is 10.1 Å². The van der Waals surface area contributed by atoms with Gasteiger partial charge in [0.15, 0.2) is 5.76 Å². The van der Waals surface area contributed by atoms with Gasteiger partial charge in [-0.25, -0.2) is 4.39 Å². The summed E-state index contributed by atoms with van der Waals surface area (Å²) in [5, 5.41) is 15.8. The molecule has 1 atom stereocenters. The van der Waals surface area contributed by atoms with Crippen molar-refractivity contribution < 1.29 is 14.0 Å². The summed E-state index contributed by atoms with van der Waals surface area (Å²) < 4.78 is 19.1. The minimum Gasteiger partial charge on any atom is -0.398 e. The molecular formula is C21H15ClFN3O2. The van der Waals surface area contributed by atoms with Crippen molar-refractivity contribution in [2.45, 2.75) is 6.10 Å². The number of anilines is 1. The first-order chi connectivity index (χ1) is 13.5. The van der Waals surface area contributed by atoms with Gasteiger partial charge in [0.25, 0.3) is 0 Å². The number of aromatic nitrogens is 2. The van der Waals surface area contributed by atoms with Gasteiger partial charge in [0.2, 0.25) is 0 Å². The number of hydrogen-bond acceptors (Lipinski definition) is 5. The molecule has 2 heterocycles. The zero-order chi connectivity index (χ0) is 19.7. The van der Waals surface area contributed by atoms with E-state index >= 15 is 0 Å². The van der Waals surface area contributed by atoms with Crippen molar-refractivity contribution >= 4 is 17.3 Å². The maximum atomic E-state index is 13.5. The minimum absolute atomic E-state index is 0.179. The third-order valence-corrected chi connectivity index (χ3v) is 4.63. The summed E-state index contributed by atoms with van der Waals surface area (Å²) in [5.74, 6) is -0.202. The van der Waals surface area contributed by atoms with Crippen molar-refractivity contribution in [3.8, 4) is 22.6 Å². The molecule has 7 heteroatoms. The van der Waals surface area contributed by atoms with E-state index in [0.29, 0.717) is 33.0 Å². The normalized spacial score (nSPS) is 12.1. The van der Waals surface area contributed by atoms with Crippen LogP contribution >= 0.6 is 11.6 Å². The molecule has 3 N–H and O–H groups in total. The molecule has 0 saturated heterocycles. The van der Waals surface area contributed by atoms with E-state index in [0.717, 1.165) is 0 Å². The molecule has 2 aromatic carbocycles. The second-order valence-electron chi connectivity index (χ2n) is 6.20. The van der Waals surface area contributed by atoms with Crippen LogP contribution < -0.4 is 5.73 Å². The van der Waals surface area contributed by atoms with Crippen LogP contribution in [0.25, 0.3) is 22.6 Å². The summed E-state index contributed by atoms with van der Waals surface area (Å²) in [6.07, 6.45) is 2.09. The van der Waals surface area contributed by atoms with E-state index in [4.69, 9.17) is 21.9 Å². The molecule has 2 aromatic heterocycles. The molecule has 0 radical (unpaired) electrons. The van der Waals surface area contributed by atoms with Gasteiger partial charge in [-0.05, 0) is 36.4 Å². The molecular weight excluding hydrogens is 381 g/mol. The smallest absolute Gasteiger partial charge is 0.175 e. The lowest BCUT2D eigenvalue weighted by Gasteiger charge is -2.13. The first-order valence-electron chi connectivity index (χ1n) is 8.43. The fourth-order valence-corrected chi connectivity index (χ4v) is 3.13. The second-order valence-corrected chi connectivity index (χ2v) is 6.64. The molecule has 28 heavy (non-hydrogen) atoms. The van der Waals surface area contributed by atoms with E-state index < -0.39 is 11.9 Å². The molecule has 4 rings (SSSR count). The van der Waals surface area contributed by atoms with Crippen molar-refractivity contribution in [2.24, 2.45) is 0 Å². The Bertz CT molecular complexity index is 1110. The molecule has 0 aliphatic heterocycles. The van der Waals surface area contributed by atoms with Crippen LogP contribution in [0.2, 0.25) is 5.02 Å². The van der Waals surface area contributed by atoms with Crippen LogP contribution in [0.3, 0.4) is 0 Å². The Hall–Kier alpha value is -3.22. The van der Waals surface area contributed by atoms with E-state index in [1.807, 2.05) is 0 Å². The summed E-state index contributed by atoms with van der Waals surface area (Å²) in [6.45, 7) is 0. The average Bonchev–Trinajstić information content (AvgIpc) is 3.13. The quantitative estimate of drug-likeness (QED) is 0.482. The van der Waals surface area contributed by atoms with Gasteiger partial charge in [-0.15, -0.1) is 0 Å². The number of nitrogen functional groups attached to an aromatic ring is 1. The predicted octanol–water partition coefficient (Wildman–Crippen LogP) is 4.86. The van der Waals surface area contributed by atoms with Gasteiger partial charge in [-0.3, -0.25) is 4.98 Å². The van der Waals surface area contributed by atoms with Crippen LogP contribution in [0.4, 0.5) is 10.1 Å². The van der Waals surface area contributed by atoms with Crippen LogP contribution in [0, 0.1) is 5.82 Å². The number of benzene rings is 2. The zero-order valence-electron chi connectivity index (χ0n) is 14.5. The van der Waals surface area contributed by atoms with Crippen LogP contribution in [-0.4, -0.2) is 15.2 Å². The van der Waals surface area contributed by atoms with Gasteiger partial charge < -0.3 is 15.4 Å². The van der Waals surface area contributed by atoms with E-state index in [9.17, 15) is 9.50 Å². The standard InChI is InChI=1S/C21H15ClFN3O2/c22-14-5-3-12(4-6-14)19-18(20(27)13-2-1-9-25-11-13)21(28-26-19)16-8-7-15(23)10-17(16)24/h1-11,20,27H,24H2. The molecule has 0 saturated carbocycles. The highest BCUT2D eigenvalue weighted by molar-refractivity contribution is 6.30. The number of hydrogen-bond donors (Lipinski definition) is 2. The molecule has 0 bridgehead atoms. The lowest BCUT2D eigenvalue weighted by molar-refractivity contribution is 0.220. The van der Waals surface area contributed by atoms with Gasteiger partial charge in [0.05, 0.1) is 5.56 Å². The van der Waals surface area contributed by atoms with Gasteiger partial charge in [-0.2, -0.15) is 0 Å². The average molecular weight is 396 g/mol. The highest BCUT2D eigenvalue weighted by Gasteiger charge is 2.27. The van der Waals surface area contributed by atoms with Gasteiger partial charge in [-0.1, -0.05) is 35.0 Å².